The van der Waals surface area contributed by atoms with Crippen LogP contribution < -0.4 is 5.32 Å². The van der Waals surface area contributed by atoms with Crippen LogP contribution in [0, 0.1) is 11.3 Å². The Balaban J connectivity index is 1.96. The molecule has 0 unspecified atom stereocenters. The SMILES string of the molecule is CC(C)N(Cc1cnn(C)c1)C(=O)CNc1ccc(C#N)cc1. The Labute approximate surface area is 136 Å². The number of aromatic nitrogens is 2. The zero-order chi connectivity index (χ0) is 16.8. The van der Waals surface area contributed by atoms with Crippen molar-refractivity contribution in [2.24, 2.45) is 7.05 Å². The fourth-order valence-corrected chi connectivity index (χ4v) is 2.25. The summed E-state index contributed by atoms with van der Waals surface area (Å²) in [6, 6.07) is 9.22. The van der Waals surface area contributed by atoms with Gasteiger partial charge < -0.3 is 10.2 Å². The number of nitriles is 1. The minimum absolute atomic E-state index is 0.0215. The lowest BCUT2D eigenvalue weighted by atomic mass is 10.2. The Bertz CT molecular complexity index is 697. The van der Waals surface area contributed by atoms with Gasteiger partial charge in [0.2, 0.25) is 5.91 Å². The van der Waals surface area contributed by atoms with Gasteiger partial charge in [-0.05, 0) is 38.1 Å². The lowest BCUT2D eigenvalue weighted by molar-refractivity contribution is -0.131. The Morgan fingerprint density at radius 2 is 2.09 bits per heavy atom. The molecular formula is C17H21N5O. The number of benzene rings is 1. The van der Waals surface area contributed by atoms with Crippen LogP contribution in [0.2, 0.25) is 0 Å². The Morgan fingerprint density at radius 3 is 2.61 bits per heavy atom. The van der Waals surface area contributed by atoms with E-state index in [9.17, 15) is 4.79 Å². The van der Waals surface area contributed by atoms with Crippen LogP contribution >= 0.6 is 0 Å². The second kappa shape index (κ2) is 7.45. The highest BCUT2D eigenvalue weighted by molar-refractivity contribution is 5.81. The highest BCUT2D eigenvalue weighted by Crippen LogP contribution is 2.11. The van der Waals surface area contributed by atoms with E-state index in [1.54, 1.807) is 35.1 Å². The number of hydrogen-bond acceptors (Lipinski definition) is 4. The molecule has 0 spiro atoms. The van der Waals surface area contributed by atoms with Crippen molar-refractivity contribution in [1.82, 2.24) is 14.7 Å². The summed E-state index contributed by atoms with van der Waals surface area (Å²) in [5, 5.41) is 16.0. The van der Waals surface area contributed by atoms with Crippen molar-refractivity contribution in [3.63, 3.8) is 0 Å². The molecule has 120 valence electrons. The number of rotatable bonds is 6. The normalized spacial score (nSPS) is 10.4. The average Bonchev–Trinajstić information content (AvgIpc) is 2.95. The summed E-state index contributed by atoms with van der Waals surface area (Å²) in [7, 11) is 1.86. The Morgan fingerprint density at radius 1 is 1.39 bits per heavy atom. The van der Waals surface area contributed by atoms with Gasteiger partial charge in [0, 0.05) is 37.1 Å². The van der Waals surface area contributed by atoms with Gasteiger partial charge in [0.05, 0.1) is 24.4 Å². The largest absolute Gasteiger partial charge is 0.376 e. The summed E-state index contributed by atoms with van der Waals surface area (Å²) in [6.45, 7) is 4.75. The molecule has 2 rings (SSSR count). The molecule has 23 heavy (non-hydrogen) atoms. The standard InChI is InChI=1S/C17H21N5O/c1-13(2)22(12-15-9-20-21(3)11-15)17(23)10-19-16-6-4-14(8-18)5-7-16/h4-7,9,11,13,19H,10,12H2,1-3H3. The highest BCUT2D eigenvalue weighted by atomic mass is 16.2. The number of amides is 1. The van der Waals surface area contributed by atoms with Crippen LogP contribution in [0.4, 0.5) is 5.69 Å². The third-order valence-corrected chi connectivity index (χ3v) is 3.51. The number of carbonyl (C=O) groups is 1. The van der Waals surface area contributed by atoms with Gasteiger partial charge in [-0.1, -0.05) is 0 Å². The van der Waals surface area contributed by atoms with Crippen LogP contribution in [0.15, 0.2) is 36.7 Å². The molecular weight excluding hydrogens is 290 g/mol. The third kappa shape index (κ3) is 4.58. The summed E-state index contributed by atoms with van der Waals surface area (Å²) in [4.78, 5) is 14.3. The minimum atomic E-state index is 0.0215. The molecule has 2 aromatic rings. The molecule has 0 saturated carbocycles. The fourth-order valence-electron chi connectivity index (χ4n) is 2.25. The second-order valence-corrected chi connectivity index (χ2v) is 5.68. The van der Waals surface area contributed by atoms with Gasteiger partial charge in [-0.25, -0.2) is 0 Å². The zero-order valence-corrected chi connectivity index (χ0v) is 13.7. The Kier molecular flexibility index (Phi) is 5.36. The van der Waals surface area contributed by atoms with Crippen LogP contribution in [0.5, 0.6) is 0 Å². The van der Waals surface area contributed by atoms with E-state index in [1.165, 1.54) is 0 Å². The molecule has 0 atom stereocenters. The van der Waals surface area contributed by atoms with Gasteiger partial charge >= 0.3 is 0 Å². The predicted octanol–water partition coefficient (Wildman–Crippen LogP) is 2.14. The molecule has 1 N–H and O–H groups in total. The molecule has 1 heterocycles. The quantitative estimate of drug-likeness (QED) is 0.887. The fraction of sp³-hybridized carbons (Fsp3) is 0.353. The topological polar surface area (TPSA) is 74.0 Å². The van der Waals surface area contributed by atoms with Crippen molar-refractivity contribution in [3.05, 3.63) is 47.8 Å². The number of hydrogen-bond donors (Lipinski definition) is 1. The summed E-state index contributed by atoms with van der Waals surface area (Å²) < 4.78 is 1.73. The summed E-state index contributed by atoms with van der Waals surface area (Å²) in [5.74, 6) is 0.0215. The van der Waals surface area contributed by atoms with Gasteiger partial charge in [-0.15, -0.1) is 0 Å². The van der Waals surface area contributed by atoms with Crippen LogP contribution in [-0.4, -0.2) is 33.2 Å². The maximum absolute atomic E-state index is 12.5. The van der Waals surface area contributed by atoms with Crippen molar-refractivity contribution in [3.8, 4) is 6.07 Å². The van der Waals surface area contributed by atoms with Gasteiger partial charge in [0.15, 0.2) is 0 Å². The minimum Gasteiger partial charge on any atom is -0.376 e. The molecule has 0 aliphatic heterocycles. The first-order chi connectivity index (χ1) is 11.0. The van der Waals surface area contributed by atoms with E-state index in [2.05, 4.69) is 16.5 Å². The monoisotopic (exact) mass is 311 g/mol. The van der Waals surface area contributed by atoms with Crippen molar-refractivity contribution >= 4 is 11.6 Å². The molecule has 6 heteroatoms. The predicted molar refractivity (Wildman–Crippen MR) is 88.5 cm³/mol. The van der Waals surface area contributed by atoms with E-state index in [-0.39, 0.29) is 18.5 Å². The molecule has 0 saturated heterocycles. The number of anilines is 1. The summed E-state index contributed by atoms with van der Waals surface area (Å²) >= 11 is 0. The van der Waals surface area contributed by atoms with E-state index in [0.29, 0.717) is 12.1 Å². The molecule has 0 radical (unpaired) electrons. The molecule has 1 aromatic carbocycles. The Hall–Kier alpha value is -2.81. The van der Waals surface area contributed by atoms with Gasteiger partial charge in [-0.2, -0.15) is 10.4 Å². The summed E-state index contributed by atoms with van der Waals surface area (Å²) in [6.07, 6.45) is 3.69. The van der Waals surface area contributed by atoms with E-state index in [1.807, 2.05) is 32.0 Å². The van der Waals surface area contributed by atoms with Crippen LogP contribution in [0.1, 0.15) is 25.0 Å². The zero-order valence-electron chi connectivity index (χ0n) is 13.7. The summed E-state index contributed by atoms with van der Waals surface area (Å²) in [5.41, 5.74) is 2.43. The van der Waals surface area contributed by atoms with Crippen molar-refractivity contribution in [1.29, 1.82) is 5.26 Å². The lowest BCUT2D eigenvalue weighted by Crippen LogP contribution is -2.39. The maximum Gasteiger partial charge on any atom is 0.242 e. The van der Waals surface area contributed by atoms with Gasteiger partial charge in [0.25, 0.3) is 0 Å². The molecule has 1 aromatic heterocycles. The molecule has 0 bridgehead atoms. The molecule has 0 aliphatic rings. The van der Waals surface area contributed by atoms with Crippen molar-refractivity contribution in [2.45, 2.75) is 26.4 Å². The number of aryl methyl sites for hydroxylation is 1. The van der Waals surface area contributed by atoms with Crippen LogP contribution in [-0.2, 0) is 18.4 Å². The molecule has 1 amide bonds. The van der Waals surface area contributed by atoms with Crippen LogP contribution in [0.3, 0.4) is 0 Å². The number of nitrogens with zero attached hydrogens (tertiary/aromatic N) is 4. The van der Waals surface area contributed by atoms with Gasteiger partial charge in [-0.3, -0.25) is 9.48 Å². The van der Waals surface area contributed by atoms with E-state index in [0.717, 1.165) is 11.3 Å². The first kappa shape index (κ1) is 16.6. The maximum atomic E-state index is 12.5. The molecule has 0 aliphatic carbocycles. The first-order valence-electron chi connectivity index (χ1n) is 7.50. The second-order valence-electron chi connectivity index (χ2n) is 5.68. The number of nitrogens with one attached hydrogen (secondary N) is 1. The van der Waals surface area contributed by atoms with Crippen molar-refractivity contribution in [2.75, 3.05) is 11.9 Å². The molecule has 6 nitrogen and oxygen atoms in total. The van der Waals surface area contributed by atoms with Crippen LogP contribution in [0.25, 0.3) is 0 Å². The number of carbonyl (C=O) groups excluding carboxylic acids is 1. The smallest absolute Gasteiger partial charge is 0.242 e. The van der Waals surface area contributed by atoms with Gasteiger partial charge in [0.1, 0.15) is 0 Å². The van der Waals surface area contributed by atoms with E-state index >= 15 is 0 Å². The van der Waals surface area contributed by atoms with E-state index in [4.69, 9.17) is 5.26 Å². The highest BCUT2D eigenvalue weighted by Gasteiger charge is 2.17. The third-order valence-electron chi connectivity index (χ3n) is 3.51. The lowest BCUT2D eigenvalue weighted by Gasteiger charge is -2.26. The van der Waals surface area contributed by atoms with E-state index < -0.39 is 0 Å². The average molecular weight is 311 g/mol. The van der Waals surface area contributed by atoms with Crippen molar-refractivity contribution < 1.29 is 4.79 Å². The molecule has 0 fully saturated rings. The first-order valence-corrected chi connectivity index (χ1v) is 7.50.